The van der Waals surface area contributed by atoms with Crippen LogP contribution in [0.2, 0.25) is 0 Å². The summed E-state index contributed by atoms with van der Waals surface area (Å²) in [6.45, 7) is 5.64. The second-order valence-electron chi connectivity index (χ2n) is 6.53. The van der Waals surface area contributed by atoms with E-state index in [1.54, 1.807) is 12.5 Å². The molecule has 2 aliphatic rings. The first-order chi connectivity index (χ1) is 11.1. The van der Waals surface area contributed by atoms with Gasteiger partial charge in [0.1, 0.15) is 11.9 Å². The highest BCUT2D eigenvalue weighted by Gasteiger charge is 2.48. The number of carbonyl (C=O) groups excluding carboxylic acids is 1. The Morgan fingerprint density at radius 1 is 1.43 bits per heavy atom. The third kappa shape index (κ3) is 2.25. The standard InChI is InChI=1S/C17H19N3O3/c1-11(2)16(21)20-5-4-17(10-20)14-13(9-23-17)7-18-15(19-14)12-3-6-22-8-12/h3,6-8,11H,4-5,9-10H2,1-2H3. The van der Waals surface area contributed by atoms with Gasteiger partial charge in [-0.2, -0.15) is 0 Å². The zero-order chi connectivity index (χ0) is 16.0. The van der Waals surface area contributed by atoms with Gasteiger partial charge < -0.3 is 14.1 Å². The molecular weight excluding hydrogens is 294 g/mol. The van der Waals surface area contributed by atoms with Gasteiger partial charge in [0.15, 0.2) is 5.82 Å². The van der Waals surface area contributed by atoms with E-state index < -0.39 is 5.60 Å². The fourth-order valence-corrected chi connectivity index (χ4v) is 3.37. The number of nitrogens with zero attached hydrogens (tertiary/aromatic N) is 3. The molecule has 2 aliphatic heterocycles. The predicted molar refractivity (Wildman–Crippen MR) is 82.2 cm³/mol. The van der Waals surface area contributed by atoms with Crippen molar-refractivity contribution in [2.75, 3.05) is 13.1 Å². The van der Waals surface area contributed by atoms with Crippen molar-refractivity contribution < 1.29 is 13.9 Å². The Morgan fingerprint density at radius 2 is 2.30 bits per heavy atom. The molecule has 0 saturated carbocycles. The highest BCUT2D eigenvalue weighted by molar-refractivity contribution is 5.78. The molecule has 2 aromatic heterocycles. The lowest BCUT2D eigenvalue weighted by molar-refractivity contribution is -0.135. The van der Waals surface area contributed by atoms with Crippen LogP contribution in [-0.2, 0) is 21.7 Å². The molecule has 23 heavy (non-hydrogen) atoms. The fourth-order valence-electron chi connectivity index (χ4n) is 3.37. The third-order valence-corrected chi connectivity index (χ3v) is 4.62. The molecule has 1 spiro atoms. The number of likely N-dealkylation sites (tertiary alicyclic amines) is 1. The van der Waals surface area contributed by atoms with Crippen molar-refractivity contribution in [2.45, 2.75) is 32.5 Å². The van der Waals surface area contributed by atoms with Crippen molar-refractivity contribution in [2.24, 2.45) is 5.92 Å². The third-order valence-electron chi connectivity index (χ3n) is 4.62. The van der Waals surface area contributed by atoms with Gasteiger partial charge >= 0.3 is 0 Å². The SMILES string of the molecule is CC(C)C(=O)N1CCC2(C1)OCc1cnc(-c3ccoc3)nc12. The molecule has 0 aromatic carbocycles. The van der Waals surface area contributed by atoms with Gasteiger partial charge in [-0.05, 0) is 6.07 Å². The number of ether oxygens (including phenoxy) is 1. The maximum atomic E-state index is 12.3. The molecule has 4 rings (SSSR count). The molecule has 1 atom stereocenters. The van der Waals surface area contributed by atoms with Crippen molar-refractivity contribution in [3.63, 3.8) is 0 Å². The van der Waals surface area contributed by atoms with Crippen molar-refractivity contribution >= 4 is 5.91 Å². The summed E-state index contributed by atoms with van der Waals surface area (Å²) in [5.74, 6) is 0.803. The maximum Gasteiger partial charge on any atom is 0.225 e. The number of hydrogen-bond donors (Lipinski definition) is 0. The van der Waals surface area contributed by atoms with Crippen molar-refractivity contribution in [3.8, 4) is 11.4 Å². The molecule has 0 bridgehead atoms. The zero-order valence-corrected chi connectivity index (χ0v) is 13.3. The van der Waals surface area contributed by atoms with E-state index in [1.807, 2.05) is 31.0 Å². The summed E-state index contributed by atoms with van der Waals surface area (Å²) in [5, 5.41) is 0. The molecule has 1 unspecified atom stereocenters. The predicted octanol–water partition coefficient (Wildman–Crippen LogP) is 2.35. The van der Waals surface area contributed by atoms with E-state index in [2.05, 4.69) is 4.98 Å². The summed E-state index contributed by atoms with van der Waals surface area (Å²) >= 11 is 0. The van der Waals surface area contributed by atoms with Crippen LogP contribution in [0.3, 0.4) is 0 Å². The van der Waals surface area contributed by atoms with Gasteiger partial charge in [-0.25, -0.2) is 9.97 Å². The number of carbonyl (C=O) groups is 1. The summed E-state index contributed by atoms with van der Waals surface area (Å²) in [7, 11) is 0. The quantitative estimate of drug-likeness (QED) is 0.851. The van der Waals surface area contributed by atoms with Gasteiger partial charge in [0.05, 0.1) is 30.7 Å². The molecule has 0 aliphatic carbocycles. The number of furan rings is 1. The van der Waals surface area contributed by atoms with E-state index >= 15 is 0 Å². The normalized spacial score (nSPS) is 23.0. The first kappa shape index (κ1) is 14.4. The van der Waals surface area contributed by atoms with Crippen LogP contribution in [0.25, 0.3) is 11.4 Å². The Bertz CT molecular complexity index is 742. The second-order valence-corrected chi connectivity index (χ2v) is 6.53. The van der Waals surface area contributed by atoms with Crippen molar-refractivity contribution in [1.82, 2.24) is 14.9 Å². The number of hydrogen-bond acceptors (Lipinski definition) is 5. The van der Waals surface area contributed by atoms with Crippen molar-refractivity contribution in [3.05, 3.63) is 36.0 Å². The summed E-state index contributed by atoms with van der Waals surface area (Å²) < 4.78 is 11.2. The maximum absolute atomic E-state index is 12.3. The second kappa shape index (κ2) is 5.16. The smallest absolute Gasteiger partial charge is 0.225 e. The first-order valence-corrected chi connectivity index (χ1v) is 7.91. The van der Waals surface area contributed by atoms with Crippen LogP contribution in [0.15, 0.2) is 29.2 Å². The van der Waals surface area contributed by atoms with E-state index in [0.717, 1.165) is 23.2 Å². The van der Waals surface area contributed by atoms with Crippen LogP contribution < -0.4 is 0 Å². The molecule has 120 valence electrons. The van der Waals surface area contributed by atoms with Gasteiger partial charge in [0.25, 0.3) is 0 Å². The number of aromatic nitrogens is 2. The summed E-state index contributed by atoms with van der Waals surface area (Å²) in [6.07, 6.45) is 5.84. The zero-order valence-electron chi connectivity index (χ0n) is 13.3. The molecule has 6 nitrogen and oxygen atoms in total. The molecule has 4 heterocycles. The van der Waals surface area contributed by atoms with Crippen LogP contribution >= 0.6 is 0 Å². The van der Waals surface area contributed by atoms with E-state index in [4.69, 9.17) is 14.1 Å². The topological polar surface area (TPSA) is 68.5 Å². The Kier molecular flexibility index (Phi) is 3.23. The molecule has 6 heteroatoms. The fraction of sp³-hybridized carbons (Fsp3) is 0.471. The van der Waals surface area contributed by atoms with Crippen LogP contribution in [0.1, 0.15) is 31.5 Å². The van der Waals surface area contributed by atoms with E-state index in [0.29, 0.717) is 25.5 Å². The Balaban J connectivity index is 1.67. The Labute approximate surface area is 134 Å². The van der Waals surface area contributed by atoms with Gasteiger partial charge in [0.2, 0.25) is 5.91 Å². The minimum Gasteiger partial charge on any atom is -0.472 e. The lowest BCUT2D eigenvalue weighted by Gasteiger charge is -2.24. The number of fused-ring (bicyclic) bond motifs is 2. The largest absolute Gasteiger partial charge is 0.472 e. The van der Waals surface area contributed by atoms with E-state index in [1.165, 1.54) is 0 Å². The van der Waals surface area contributed by atoms with Gasteiger partial charge in [-0.3, -0.25) is 4.79 Å². The lowest BCUT2D eigenvalue weighted by atomic mass is 9.97. The molecule has 0 N–H and O–H groups in total. The monoisotopic (exact) mass is 313 g/mol. The van der Waals surface area contributed by atoms with Crippen LogP contribution in [0.4, 0.5) is 0 Å². The van der Waals surface area contributed by atoms with E-state index in [-0.39, 0.29) is 11.8 Å². The van der Waals surface area contributed by atoms with Crippen molar-refractivity contribution in [1.29, 1.82) is 0 Å². The molecule has 1 fully saturated rings. The van der Waals surface area contributed by atoms with Gasteiger partial charge in [0, 0.05) is 30.6 Å². The number of rotatable bonds is 2. The molecule has 2 aromatic rings. The summed E-state index contributed by atoms with van der Waals surface area (Å²) in [6, 6.07) is 1.84. The number of amides is 1. The minimum absolute atomic E-state index is 0.00193. The summed E-state index contributed by atoms with van der Waals surface area (Å²) in [5.41, 5.74) is 2.29. The molecule has 0 radical (unpaired) electrons. The summed E-state index contributed by atoms with van der Waals surface area (Å²) in [4.78, 5) is 23.3. The van der Waals surface area contributed by atoms with Crippen LogP contribution in [-0.4, -0.2) is 33.9 Å². The first-order valence-electron chi connectivity index (χ1n) is 7.91. The Morgan fingerprint density at radius 3 is 3.04 bits per heavy atom. The molecule has 1 saturated heterocycles. The van der Waals surface area contributed by atoms with E-state index in [9.17, 15) is 4.79 Å². The van der Waals surface area contributed by atoms with Crippen LogP contribution in [0, 0.1) is 5.92 Å². The highest BCUT2D eigenvalue weighted by Crippen LogP contribution is 2.42. The molecule has 1 amide bonds. The van der Waals surface area contributed by atoms with Gasteiger partial charge in [-0.15, -0.1) is 0 Å². The average Bonchev–Trinajstić information content (AvgIpc) is 3.28. The average molecular weight is 313 g/mol. The molecular formula is C17H19N3O3. The Hall–Kier alpha value is -2.21. The highest BCUT2D eigenvalue weighted by atomic mass is 16.5. The lowest BCUT2D eigenvalue weighted by Crippen LogP contribution is -2.36. The van der Waals surface area contributed by atoms with Gasteiger partial charge in [-0.1, -0.05) is 13.8 Å². The van der Waals surface area contributed by atoms with Crippen LogP contribution in [0.5, 0.6) is 0 Å². The minimum atomic E-state index is -0.485.